The Labute approximate surface area is 197 Å². The van der Waals surface area contributed by atoms with E-state index in [0.29, 0.717) is 56.9 Å². The second-order valence-electron chi connectivity index (χ2n) is 8.35. The van der Waals surface area contributed by atoms with E-state index in [4.69, 9.17) is 9.47 Å². The minimum absolute atomic E-state index is 0.0456. The highest BCUT2D eigenvalue weighted by molar-refractivity contribution is 9.10. The van der Waals surface area contributed by atoms with Crippen molar-refractivity contribution in [3.8, 4) is 0 Å². The zero-order valence-electron chi connectivity index (χ0n) is 17.7. The molecule has 0 unspecified atom stereocenters. The molecule has 2 saturated heterocycles. The largest absolute Gasteiger partial charge is 0.477 e. The van der Waals surface area contributed by atoms with Gasteiger partial charge in [0.2, 0.25) is 5.43 Å². The molecule has 9 heteroatoms. The van der Waals surface area contributed by atoms with Crippen molar-refractivity contribution in [1.82, 2.24) is 4.57 Å². The number of carboxylic acid groups (broad SMARTS) is 1. The third-order valence-corrected chi connectivity index (χ3v) is 6.85. The number of hydrogen-bond acceptors (Lipinski definition) is 5. The van der Waals surface area contributed by atoms with Crippen molar-refractivity contribution < 1.29 is 23.8 Å². The monoisotopic (exact) mass is 516 g/mol. The molecule has 0 saturated carbocycles. The summed E-state index contributed by atoms with van der Waals surface area (Å²) in [5.41, 5.74) is 0.698. The van der Waals surface area contributed by atoms with E-state index in [-0.39, 0.29) is 10.9 Å². The van der Waals surface area contributed by atoms with Gasteiger partial charge in [-0.1, -0.05) is 28.1 Å². The summed E-state index contributed by atoms with van der Waals surface area (Å²) in [5.74, 6) is -2.47. The minimum atomic E-state index is -1.34. The zero-order valence-corrected chi connectivity index (χ0v) is 19.3. The summed E-state index contributed by atoms with van der Waals surface area (Å²) < 4.78 is 29.3. The molecule has 1 N–H and O–H groups in total. The smallest absolute Gasteiger partial charge is 0.341 e. The molecule has 5 rings (SSSR count). The number of pyridine rings is 1. The first-order valence-corrected chi connectivity index (χ1v) is 11.5. The Balaban J connectivity index is 1.57. The summed E-state index contributed by atoms with van der Waals surface area (Å²) in [5, 5.41) is 9.58. The number of ether oxygens (including phenoxy) is 2. The summed E-state index contributed by atoms with van der Waals surface area (Å²) in [6.07, 6.45) is 2.57. The maximum Gasteiger partial charge on any atom is 0.341 e. The fourth-order valence-electron chi connectivity index (χ4n) is 4.59. The lowest BCUT2D eigenvalue weighted by Gasteiger charge is -2.38. The predicted octanol–water partition coefficient (Wildman–Crippen LogP) is 3.99. The van der Waals surface area contributed by atoms with Gasteiger partial charge in [-0.2, -0.15) is 0 Å². The van der Waals surface area contributed by atoms with Crippen molar-refractivity contribution >= 4 is 38.5 Å². The third-order valence-electron chi connectivity index (χ3n) is 6.32. The van der Waals surface area contributed by atoms with E-state index in [2.05, 4.69) is 15.9 Å². The first-order valence-electron chi connectivity index (χ1n) is 10.7. The van der Waals surface area contributed by atoms with Gasteiger partial charge in [0.15, 0.2) is 5.79 Å². The van der Waals surface area contributed by atoms with Crippen LogP contribution in [0.5, 0.6) is 0 Å². The van der Waals surface area contributed by atoms with Crippen LogP contribution in [-0.2, 0) is 16.0 Å². The number of rotatable bonds is 4. The molecule has 2 aliphatic rings. The molecule has 7 nitrogen and oxygen atoms in total. The van der Waals surface area contributed by atoms with Gasteiger partial charge in [-0.05, 0) is 29.8 Å². The van der Waals surface area contributed by atoms with Crippen molar-refractivity contribution in [3.63, 3.8) is 0 Å². The van der Waals surface area contributed by atoms with Crippen LogP contribution in [0.25, 0.3) is 10.9 Å². The van der Waals surface area contributed by atoms with Crippen LogP contribution in [0.4, 0.5) is 10.1 Å². The van der Waals surface area contributed by atoms with Crippen LogP contribution < -0.4 is 10.3 Å². The summed E-state index contributed by atoms with van der Waals surface area (Å²) in [6, 6.07) is 10.4. The van der Waals surface area contributed by atoms with E-state index in [0.717, 1.165) is 16.1 Å². The molecule has 0 atom stereocenters. The van der Waals surface area contributed by atoms with Crippen LogP contribution >= 0.6 is 15.9 Å². The van der Waals surface area contributed by atoms with Gasteiger partial charge < -0.3 is 24.0 Å². The minimum Gasteiger partial charge on any atom is -0.477 e. The summed E-state index contributed by atoms with van der Waals surface area (Å²) >= 11 is 3.40. The molecule has 2 aromatic carbocycles. The molecule has 1 aromatic heterocycles. The molecule has 2 fully saturated rings. The fourth-order valence-corrected chi connectivity index (χ4v) is 4.85. The van der Waals surface area contributed by atoms with Crippen LogP contribution in [0.15, 0.2) is 51.9 Å². The number of carboxylic acids is 1. The predicted molar refractivity (Wildman–Crippen MR) is 124 cm³/mol. The van der Waals surface area contributed by atoms with Gasteiger partial charge in [-0.25, -0.2) is 9.18 Å². The average molecular weight is 517 g/mol. The summed E-state index contributed by atoms with van der Waals surface area (Å²) in [6.45, 7) is 2.57. The standard InChI is InChI=1S/C24H22BrFN2O5/c25-16-3-1-15(2-4-16)13-28-14-18(23(30)31)22(29)17-11-19(26)21(12-20(17)28)27-7-5-24(6-8-27)32-9-10-33-24/h1-4,11-12,14H,5-10,13H2,(H,30,31). The van der Waals surface area contributed by atoms with E-state index >= 15 is 4.39 Å². The van der Waals surface area contributed by atoms with Gasteiger partial charge in [0, 0.05) is 48.5 Å². The highest BCUT2D eigenvalue weighted by Crippen LogP contribution is 2.35. The number of anilines is 1. The summed E-state index contributed by atoms with van der Waals surface area (Å²) in [7, 11) is 0. The van der Waals surface area contributed by atoms with Crippen molar-refractivity contribution in [2.24, 2.45) is 0 Å². The zero-order chi connectivity index (χ0) is 23.2. The second-order valence-corrected chi connectivity index (χ2v) is 9.26. The number of piperidine rings is 1. The lowest BCUT2D eigenvalue weighted by atomic mass is 10.0. The molecule has 33 heavy (non-hydrogen) atoms. The fraction of sp³-hybridized carbons (Fsp3) is 0.333. The van der Waals surface area contributed by atoms with Crippen LogP contribution in [0, 0.1) is 5.82 Å². The van der Waals surface area contributed by atoms with Gasteiger partial charge >= 0.3 is 5.97 Å². The van der Waals surface area contributed by atoms with Gasteiger partial charge in [-0.15, -0.1) is 0 Å². The molecule has 1 spiro atoms. The van der Waals surface area contributed by atoms with Crippen molar-refractivity contribution in [1.29, 1.82) is 0 Å². The molecule has 3 heterocycles. The number of hydrogen-bond donors (Lipinski definition) is 1. The van der Waals surface area contributed by atoms with Gasteiger partial charge in [0.05, 0.1) is 24.4 Å². The highest BCUT2D eigenvalue weighted by atomic mass is 79.9. The topological polar surface area (TPSA) is 81.0 Å². The van der Waals surface area contributed by atoms with Crippen molar-refractivity contribution in [3.05, 3.63) is 74.2 Å². The van der Waals surface area contributed by atoms with Crippen LogP contribution in [0.3, 0.4) is 0 Å². The van der Waals surface area contributed by atoms with E-state index in [9.17, 15) is 14.7 Å². The first-order chi connectivity index (χ1) is 15.8. The van der Waals surface area contributed by atoms with E-state index in [1.54, 1.807) is 10.6 Å². The lowest BCUT2D eigenvalue weighted by Crippen LogP contribution is -2.45. The first kappa shape index (κ1) is 22.1. The third kappa shape index (κ3) is 4.16. The van der Waals surface area contributed by atoms with Crippen molar-refractivity contribution in [2.75, 3.05) is 31.2 Å². The Morgan fingerprint density at radius 3 is 2.42 bits per heavy atom. The average Bonchev–Trinajstić information content (AvgIpc) is 3.25. The van der Waals surface area contributed by atoms with Crippen LogP contribution in [0.1, 0.15) is 28.8 Å². The molecule has 0 radical (unpaired) electrons. The molecule has 3 aromatic rings. The Kier molecular flexibility index (Phi) is 5.72. The van der Waals surface area contributed by atoms with E-state index < -0.39 is 23.0 Å². The molecule has 172 valence electrons. The maximum atomic E-state index is 15.2. The lowest BCUT2D eigenvalue weighted by molar-refractivity contribution is -0.169. The molecule has 0 bridgehead atoms. The SMILES string of the molecule is O=C(O)c1cn(Cc2ccc(Br)cc2)c2cc(N3CCC4(CC3)OCCO4)c(F)cc2c1=O. The molecular weight excluding hydrogens is 495 g/mol. The van der Waals surface area contributed by atoms with Crippen LogP contribution in [-0.4, -0.2) is 47.7 Å². The Hall–Kier alpha value is -2.75. The number of aromatic nitrogens is 1. The molecule has 2 aliphatic heterocycles. The Morgan fingerprint density at radius 2 is 1.79 bits per heavy atom. The molecule has 0 aliphatic carbocycles. The number of benzene rings is 2. The van der Waals surface area contributed by atoms with Crippen molar-refractivity contribution in [2.45, 2.75) is 25.2 Å². The molecular formula is C24H22BrFN2O5. The number of fused-ring (bicyclic) bond motifs is 1. The Morgan fingerprint density at radius 1 is 1.12 bits per heavy atom. The van der Waals surface area contributed by atoms with Gasteiger partial charge in [0.1, 0.15) is 11.4 Å². The second kappa shape index (κ2) is 8.55. The maximum absolute atomic E-state index is 15.2. The quantitative estimate of drug-likeness (QED) is 0.564. The number of carbonyl (C=O) groups is 1. The summed E-state index contributed by atoms with van der Waals surface area (Å²) in [4.78, 5) is 26.4. The van der Waals surface area contributed by atoms with E-state index in [1.165, 1.54) is 6.20 Å². The van der Waals surface area contributed by atoms with Crippen LogP contribution in [0.2, 0.25) is 0 Å². The molecule has 0 amide bonds. The van der Waals surface area contributed by atoms with Gasteiger partial charge in [-0.3, -0.25) is 4.79 Å². The highest BCUT2D eigenvalue weighted by Gasteiger charge is 2.40. The normalized spacial score (nSPS) is 17.7. The number of nitrogens with zero attached hydrogens (tertiary/aromatic N) is 2. The number of halogens is 2. The van der Waals surface area contributed by atoms with Gasteiger partial charge in [0.25, 0.3) is 0 Å². The van der Waals surface area contributed by atoms with E-state index in [1.807, 2.05) is 29.2 Å². The Bertz CT molecular complexity index is 1270. The number of aromatic carboxylic acids is 1.